The van der Waals surface area contributed by atoms with Gasteiger partial charge in [0.1, 0.15) is 11.8 Å². The van der Waals surface area contributed by atoms with Gasteiger partial charge in [-0.05, 0) is 6.07 Å². The molecule has 0 bridgehead atoms. The summed E-state index contributed by atoms with van der Waals surface area (Å²) >= 11 is 0. The molecule has 0 radical (unpaired) electrons. The van der Waals surface area contributed by atoms with Crippen molar-refractivity contribution in [3.63, 3.8) is 0 Å². The molecule has 2 rings (SSSR count). The summed E-state index contributed by atoms with van der Waals surface area (Å²) in [5, 5.41) is 8.87. The van der Waals surface area contributed by atoms with Crippen LogP contribution < -0.4 is 4.90 Å². The molecule has 0 atom stereocenters. The number of aromatic nitrogens is 1. The second kappa shape index (κ2) is 4.93. The number of carbonyl (C=O) groups excluding carboxylic acids is 1. The molecule has 0 saturated carbocycles. The van der Waals surface area contributed by atoms with Crippen molar-refractivity contribution in [1.29, 1.82) is 5.26 Å². The molecule has 0 aliphatic carbocycles. The SMILES string of the molecule is CC(=O)c1ncc(C#N)cc1N1CCOCC1. The van der Waals surface area contributed by atoms with Gasteiger partial charge < -0.3 is 9.64 Å². The van der Waals surface area contributed by atoms with Crippen LogP contribution in [-0.4, -0.2) is 37.1 Å². The minimum absolute atomic E-state index is 0.0871. The number of ether oxygens (including phenoxy) is 1. The van der Waals surface area contributed by atoms with Crippen LogP contribution in [0.25, 0.3) is 0 Å². The molecule has 1 aromatic rings. The van der Waals surface area contributed by atoms with E-state index in [1.807, 2.05) is 11.0 Å². The average molecular weight is 231 g/mol. The van der Waals surface area contributed by atoms with Gasteiger partial charge in [-0.15, -0.1) is 0 Å². The number of ketones is 1. The zero-order chi connectivity index (χ0) is 12.3. The van der Waals surface area contributed by atoms with Crippen molar-refractivity contribution in [2.24, 2.45) is 0 Å². The fraction of sp³-hybridized carbons (Fsp3) is 0.417. The Morgan fingerprint density at radius 1 is 1.53 bits per heavy atom. The summed E-state index contributed by atoms with van der Waals surface area (Å²) < 4.78 is 5.27. The smallest absolute Gasteiger partial charge is 0.180 e. The molecular weight excluding hydrogens is 218 g/mol. The molecule has 0 N–H and O–H groups in total. The lowest BCUT2D eigenvalue weighted by Crippen LogP contribution is -2.37. The molecule has 5 nitrogen and oxygen atoms in total. The molecule has 0 aromatic carbocycles. The van der Waals surface area contributed by atoms with Crippen molar-refractivity contribution in [3.05, 3.63) is 23.5 Å². The van der Waals surface area contributed by atoms with E-state index in [1.165, 1.54) is 13.1 Å². The molecule has 1 aromatic heterocycles. The first-order valence-corrected chi connectivity index (χ1v) is 5.46. The molecule has 1 fully saturated rings. The molecule has 5 heteroatoms. The van der Waals surface area contributed by atoms with E-state index in [2.05, 4.69) is 4.98 Å². The maximum Gasteiger partial charge on any atom is 0.180 e. The van der Waals surface area contributed by atoms with E-state index in [1.54, 1.807) is 6.07 Å². The van der Waals surface area contributed by atoms with E-state index in [-0.39, 0.29) is 5.78 Å². The van der Waals surface area contributed by atoms with Gasteiger partial charge in [-0.25, -0.2) is 4.98 Å². The van der Waals surface area contributed by atoms with Gasteiger partial charge in [-0.3, -0.25) is 4.79 Å². The normalized spacial score (nSPS) is 15.4. The van der Waals surface area contributed by atoms with Crippen LogP contribution in [0, 0.1) is 11.3 Å². The highest BCUT2D eigenvalue weighted by Crippen LogP contribution is 2.21. The summed E-state index contributed by atoms with van der Waals surface area (Å²) in [7, 11) is 0. The van der Waals surface area contributed by atoms with Gasteiger partial charge in [0, 0.05) is 26.2 Å². The van der Waals surface area contributed by atoms with Gasteiger partial charge in [0.2, 0.25) is 0 Å². The van der Waals surface area contributed by atoms with E-state index in [0.717, 1.165) is 18.8 Å². The Labute approximate surface area is 99.6 Å². The zero-order valence-corrected chi connectivity index (χ0v) is 9.64. The van der Waals surface area contributed by atoms with Crippen molar-refractivity contribution in [2.45, 2.75) is 6.92 Å². The van der Waals surface area contributed by atoms with E-state index in [9.17, 15) is 4.79 Å². The molecule has 1 aliphatic heterocycles. The monoisotopic (exact) mass is 231 g/mol. The zero-order valence-electron chi connectivity index (χ0n) is 9.64. The molecule has 1 saturated heterocycles. The molecule has 0 unspecified atom stereocenters. The average Bonchev–Trinajstić information content (AvgIpc) is 2.39. The predicted octanol–water partition coefficient (Wildman–Crippen LogP) is 0.992. The number of morpholine rings is 1. The Bertz CT molecular complexity index is 473. The Morgan fingerprint density at radius 3 is 2.82 bits per heavy atom. The molecule has 17 heavy (non-hydrogen) atoms. The number of Topliss-reactive ketones (excluding diaryl/α,β-unsaturated/α-hetero) is 1. The fourth-order valence-corrected chi connectivity index (χ4v) is 1.83. The number of hydrogen-bond donors (Lipinski definition) is 0. The number of anilines is 1. The van der Waals surface area contributed by atoms with E-state index in [4.69, 9.17) is 10.00 Å². The van der Waals surface area contributed by atoms with Crippen LogP contribution in [0.1, 0.15) is 23.0 Å². The van der Waals surface area contributed by atoms with Gasteiger partial charge in [0.05, 0.1) is 24.5 Å². The lowest BCUT2D eigenvalue weighted by Gasteiger charge is -2.29. The number of hydrogen-bond acceptors (Lipinski definition) is 5. The maximum atomic E-state index is 11.5. The molecule has 88 valence electrons. The number of pyridine rings is 1. The topological polar surface area (TPSA) is 66.2 Å². The van der Waals surface area contributed by atoms with Gasteiger partial charge >= 0.3 is 0 Å². The first-order chi connectivity index (χ1) is 8.22. The van der Waals surface area contributed by atoms with Crippen LogP contribution in [0.4, 0.5) is 5.69 Å². The molecule has 0 spiro atoms. The second-order valence-corrected chi connectivity index (χ2v) is 3.86. The third kappa shape index (κ3) is 2.43. The summed E-state index contributed by atoms with van der Waals surface area (Å²) in [6.45, 7) is 4.19. The van der Waals surface area contributed by atoms with E-state index >= 15 is 0 Å². The van der Waals surface area contributed by atoms with Gasteiger partial charge in [0.25, 0.3) is 0 Å². The third-order valence-electron chi connectivity index (χ3n) is 2.68. The highest BCUT2D eigenvalue weighted by atomic mass is 16.5. The molecule has 2 heterocycles. The molecular formula is C12H13N3O2. The van der Waals surface area contributed by atoms with Crippen molar-refractivity contribution >= 4 is 11.5 Å². The molecule has 1 aliphatic rings. The Morgan fingerprint density at radius 2 is 2.24 bits per heavy atom. The van der Waals surface area contributed by atoms with Crippen LogP contribution in [0.5, 0.6) is 0 Å². The van der Waals surface area contributed by atoms with Crippen LogP contribution in [-0.2, 0) is 4.74 Å². The lowest BCUT2D eigenvalue weighted by molar-refractivity contribution is 0.101. The number of rotatable bonds is 2. The minimum atomic E-state index is -0.0871. The Hall–Kier alpha value is -1.93. The fourth-order valence-electron chi connectivity index (χ4n) is 1.83. The van der Waals surface area contributed by atoms with E-state index in [0.29, 0.717) is 24.5 Å². The van der Waals surface area contributed by atoms with Crippen molar-refractivity contribution in [1.82, 2.24) is 4.98 Å². The van der Waals surface area contributed by atoms with Crippen LogP contribution in [0.15, 0.2) is 12.3 Å². The largest absolute Gasteiger partial charge is 0.378 e. The summed E-state index contributed by atoms with van der Waals surface area (Å²) in [4.78, 5) is 17.6. The first kappa shape index (κ1) is 11.6. The molecule has 0 amide bonds. The Balaban J connectivity index is 2.41. The quantitative estimate of drug-likeness (QED) is 0.710. The summed E-state index contributed by atoms with van der Waals surface area (Å²) in [5.74, 6) is -0.0871. The predicted molar refractivity (Wildman–Crippen MR) is 62.0 cm³/mol. The van der Waals surface area contributed by atoms with E-state index < -0.39 is 0 Å². The number of nitriles is 1. The van der Waals surface area contributed by atoms with Gasteiger partial charge in [0.15, 0.2) is 5.78 Å². The van der Waals surface area contributed by atoms with Crippen LogP contribution in [0.2, 0.25) is 0 Å². The Kier molecular flexibility index (Phi) is 3.35. The standard InChI is InChI=1S/C12H13N3O2/c1-9(16)12-11(6-10(7-13)8-14-12)15-2-4-17-5-3-15/h6,8H,2-5H2,1H3. The number of nitrogens with zero attached hydrogens (tertiary/aromatic N) is 3. The lowest BCUT2D eigenvalue weighted by atomic mass is 10.1. The maximum absolute atomic E-state index is 11.5. The van der Waals surface area contributed by atoms with Crippen LogP contribution >= 0.6 is 0 Å². The highest BCUT2D eigenvalue weighted by Gasteiger charge is 2.18. The van der Waals surface area contributed by atoms with Crippen molar-refractivity contribution in [2.75, 3.05) is 31.2 Å². The van der Waals surface area contributed by atoms with Gasteiger partial charge in [-0.1, -0.05) is 0 Å². The van der Waals surface area contributed by atoms with Crippen molar-refractivity contribution in [3.8, 4) is 6.07 Å². The van der Waals surface area contributed by atoms with Gasteiger partial charge in [-0.2, -0.15) is 5.26 Å². The summed E-state index contributed by atoms with van der Waals surface area (Å²) in [6, 6.07) is 3.76. The van der Waals surface area contributed by atoms with Crippen molar-refractivity contribution < 1.29 is 9.53 Å². The third-order valence-corrected chi connectivity index (χ3v) is 2.68. The first-order valence-electron chi connectivity index (χ1n) is 5.46. The highest BCUT2D eigenvalue weighted by molar-refractivity contribution is 5.97. The number of carbonyl (C=O) groups is 1. The minimum Gasteiger partial charge on any atom is -0.378 e. The second-order valence-electron chi connectivity index (χ2n) is 3.86. The van der Waals surface area contributed by atoms with Crippen LogP contribution in [0.3, 0.4) is 0 Å². The summed E-state index contributed by atoms with van der Waals surface area (Å²) in [5.41, 5.74) is 1.63. The summed E-state index contributed by atoms with van der Waals surface area (Å²) in [6.07, 6.45) is 1.43.